The lowest BCUT2D eigenvalue weighted by Crippen LogP contribution is -1.94. The van der Waals surface area contributed by atoms with Crippen molar-refractivity contribution >= 4 is 11.0 Å². The number of ether oxygens (including phenoxy) is 1. The molecule has 0 spiro atoms. The second kappa shape index (κ2) is 3.49. The molecule has 2 aromatic rings. The largest absolute Gasteiger partial charge is 0.378 e. The van der Waals surface area contributed by atoms with E-state index in [-0.39, 0.29) is 0 Å². The van der Waals surface area contributed by atoms with Crippen LogP contribution in [-0.2, 0) is 11.3 Å². The zero-order chi connectivity index (χ0) is 9.10. The molecular formula is C10H10N2O. The Morgan fingerprint density at radius 1 is 1.23 bits per heavy atom. The summed E-state index contributed by atoms with van der Waals surface area (Å²) in [4.78, 5) is 8.63. The lowest BCUT2D eigenvalue weighted by Gasteiger charge is -1.99. The van der Waals surface area contributed by atoms with Gasteiger partial charge in [0.05, 0.1) is 29.5 Å². The van der Waals surface area contributed by atoms with Gasteiger partial charge in [0.15, 0.2) is 0 Å². The third kappa shape index (κ3) is 1.65. The Hall–Kier alpha value is -1.48. The highest BCUT2D eigenvalue weighted by Crippen LogP contribution is 2.08. The molecule has 0 fully saturated rings. The van der Waals surface area contributed by atoms with Crippen LogP contribution in [0, 0.1) is 0 Å². The van der Waals surface area contributed by atoms with Gasteiger partial charge in [-0.3, -0.25) is 4.98 Å². The van der Waals surface area contributed by atoms with Crippen molar-refractivity contribution in [3.63, 3.8) is 0 Å². The number of benzene rings is 1. The van der Waals surface area contributed by atoms with Gasteiger partial charge in [0.25, 0.3) is 0 Å². The second-order valence-electron chi connectivity index (χ2n) is 2.78. The van der Waals surface area contributed by atoms with Crippen LogP contribution in [0.25, 0.3) is 11.0 Å². The van der Waals surface area contributed by atoms with E-state index in [9.17, 15) is 0 Å². The van der Waals surface area contributed by atoms with Gasteiger partial charge in [0.2, 0.25) is 0 Å². The van der Waals surface area contributed by atoms with Crippen molar-refractivity contribution in [2.45, 2.75) is 6.61 Å². The molecule has 0 aliphatic heterocycles. The van der Waals surface area contributed by atoms with Gasteiger partial charge in [-0.25, -0.2) is 4.98 Å². The molecule has 1 heterocycles. The summed E-state index contributed by atoms with van der Waals surface area (Å²) in [5.74, 6) is 0. The standard InChI is InChI=1S/C10H10N2O/c1-13-7-8-6-11-9-4-2-3-5-10(9)12-8/h2-6H,7H2,1H3. The van der Waals surface area contributed by atoms with Crippen LogP contribution in [0.1, 0.15) is 5.69 Å². The molecule has 1 aromatic heterocycles. The topological polar surface area (TPSA) is 35.0 Å². The highest BCUT2D eigenvalue weighted by atomic mass is 16.5. The Morgan fingerprint density at radius 3 is 2.77 bits per heavy atom. The smallest absolute Gasteiger partial charge is 0.0900 e. The summed E-state index contributed by atoms with van der Waals surface area (Å²) < 4.78 is 4.97. The summed E-state index contributed by atoms with van der Waals surface area (Å²) in [5, 5.41) is 0. The van der Waals surface area contributed by atoms with Gasteiger partial charge in [-0.15, -0.1) is 0 Å². The zero-order valence-corrected chi connectivity index (χ0v) is 7.40. The van der Waals surface area contributed by atoms with Crippen molar-refractivity contribution < 1.29 is 4.74 Å². The number of methoxy groups -OCH3 is 1. The number of para-hydroxylation sites is 2. The minimum Gasteiger partial charge on any atom is -0.378 e. The maximum atomic E-state index is 4.97. The highest BCUT2D eigenvalue weighted by molar-refractivity contribution is 5.73. The van der Waals surface area contributed by atoms with Gasteiger partial charge in [-0.05, 0) is 12.1 Å². The van der Waals surface area contributed by atoms with E-state index in [2.05, 4.69) is 9.97 Å². The fraction of sp³-hybridized carbons (Fsp3) is 0.200. The molecular weight excluding hydrogens is 164 g/mol. The van der Waals surface area contributed by atoms with Gasteiger partial charge in [-0.2, -0.15) is 0 Å². The summed E-state index contributed by atoms with van der Waals surface area (Å²) in [5.41, 5.74) is 2.70. The minimum atomic E-state index is 0.512. The summed E-state index contributed by atoms with van der Waals surface area (Å²) in [6.45, 7) is 0.512. The molecule has 0 N–H and O–H groups in total. The minimum absolute atomic E-state index is 0.512. The van der Waals surface area contributed by atoms with E-state index in [0.29, 0.717) is 6.61 Å². The first-order chi connectivity index (χ1) is 6.40. The predicted octanol–water partition coefficient (Wildman–Crippen LogP) is 1.78. The molecule has 0 amide bonds. The SMILES string of the molecule is COCc1cnc2ccccc2n1. The average molecular weight is 174 g/mol. The number of nitrogens with zero attached hydrogens (tertiary/aromatic N) is 2. The number of rotatable bonds is 2. The molecule has 0 aliphatic rings. The van der Waals surface area contributed by atoms with Crippen LogP contribution < -0.4 is 0 Å². The summed E-state index contributed by atoms with van der Waals surface area (Å²) in [6.07, 6.45) is 1.74. The molecule has 1 aromatic carbocycles. The van der Waals surface area contributed by atoms with E-state index in [4.69, 9.17) is 4.74 Å². The van der Waals surface area contributed by atoms with Gasteiger partial charge in [0.1, 0.15) is 0 Å². The predicted molar refractivity (Wildman–Crippen MR) is 50.3 cm³/mol. The number of hydrogen-bond acceptors (Lipinski definition) is 3. The van der Waals surface area contributed by atoms with Crippen LogP contribution in [-0.4, -0.2) is 17.1 Å². The van der Waals surface area contributed by atoms with Crippen molar-refractivity contribution in [3.8, 4) is 0 Å². The molecule has 0 bridgehead atoms. The lowest BCUT2D eigenvalue weighted by molar-refractivity contribution is 0.181. The Bertz CT molecular complexity index is 414. The Balaban J connectivity index is 2.49. The molecule has 0 saturated carbocycles. The van der Waals surface area contributed by atoms with Crippen molar-refractivity contribution in [2.24, 2.45) is 0 Å². The Labute approximate surface area is 76.4 Å². The van der Waals surface area contributed by atoms with Crippen LogP contribution in [0.4, 0.5) is 0 Å². The molecule has 3 heteroatoms. The normalized spacial score (nSPS) is 10.5. The number of fused-ring (bicyclic) bond motifs is 1. The second-order valence-corrected chi connectivity index (χ2v) is 2.78. The van der Waals surface area contributed by atoms with Gasteiger partial charge >= 0.3 is 0 Å². The molecule has 0 radical (unpaired) electrons. The van der Waals surface area contributed by atoms with E-state index in [1.165, 1.54) is 0 Å². The van der Waals surface area contributed by atoms with E-state index in [1.807, 2.05) is 24.3 Å². The third-order valence-corrected chi connectivity index (χ3v) is 1.79. The van der Waals surface area contributed by atoms with E-state index < -0.39 is 0 Å². The summed E-state index contributed by atoms with van der Waals surface area (Å²) in [7, 11) is 1.65. The molecule has 0 aliphatic carbocycles. The van der Waals surface area contributed by atoms with Crippen molar-refractivity contribution in [2.75, 3.05) is 7.11 Å². The molecule has 2 rings (SSSR count). The van der Waals surface area contributed by atoms with E-state index in [0.717, 1.165) is 16.7 Å². The fourth-order valence-electron chi connectivity index (χ4n) is 1.21. The van der Waals surface area contributed by atoms with Crippen molar-refractivity contribution in [1.82, 2.24) is 9.97 Å². The lowest BCUT2D eigenvalue weighted by atomic mass is 10.3. The fourth-order valence-corrected chi connectivity index (χ4v) is 1.21. The summed E-state index contributed by atoms with van der Waals surface area (Å²) >= 11 is 0. The third-order valence-electron chi connectivity index (χ3n) is 1.79. The van der Waals surface area contributed by atoms with Crippen LogP contribution >= 0.6 is 0 Å². The van der Waals surface area contributed by atoms with Crippen LogP contribution in [0.5, 0.6) is 0 Å². The maximum absolute atomic E-state index is 4.97. The van der Waals surface area contributed by atoms with Crippen LogP contribution in [0.15, 0.2) is 30.5 Å². The average Bonchev–Trinajstić information content (AvgIpc) is 2.18. The number of hydrogen-bond donors (Lipinski definition) is 0. The maximum Gasteiger partial charge on any atom is 0.0900 e. The molecule has 0 saturated heterocycles. The first-order valence-corrected chi connectivity index (χ1v) is 4.10. The van der Waals surface area contributed by atoms with Gasteiger partial charge < -0.3 is 4.74 Å². The van der Waals surface area contributed by atoms with Gasteiger partial charge in [0, 0.05) is 7.11 Å². The monoisotopic (exact) mass is 174 g/mol. The molecule has 66 valence electrons. The highest BCUT2D eigenvalue weighted by Gasteiger charge is 1.97. The first-order valence-electron chi connectivity index (χ1n) is 4.10. The van der Waals surface area contributed by atoms with Crippen LogP contribution in [0.2, 0.25) is 0 Å². The molecule has 13 heavy (non-hydrogen) atoms. The van der Waals surface area contributed by atoms with E-state index >= 15 is 0 Å². The van der Waals surface area contributed by atoms with Crippen molar-refractivity contribution in [1.29, 1.82) is 0 Å². The number of aromatic nitrogens is 2. The van der Waals surface area contributed by atoms with Crippen LogP contribution in [0.3, 0.4) is 0 Å². The first kappa shape index (κ1) is 8.13. The van der Waals surface area contributed by atoms with E-state index in [1.54, 1.807) is 13.3 Å². The zero-order valence-electron chi connectivity index (χ0n) is 7.40. The molecule has 0 atom stereocenters. The Kier molecular flexibility index (Phi) is 2.19. The molecule has 0 unspecified atom stereocenters. The van der Waals surface area contributed by atoms with Crippen molar-refractivity contribution in [3.05, 3.63) is 36.2 Å². The Morgan fingerprint density at radius 2 is 2.00 bits per heavy atom. The molecule has 3 nitrogen and oxygen atoms in total. The van der Waals surface area contributed by atoms with Gasteiger partial charge in [-0.1, -0.05) is 12.1 Å². The summed E-state index contributed by atoms with van der Waals surface area (Å²) in [6, 6.07) is 7.79. The quantitative estimate of drug-likeness (QED) is 0.696.